The Morgan fingerprint density at radius 2 is 2.15 bits per heavy atom. The maximum atomic E-state index is 6.02. The molecule has 3 rings (SSSR count). The summed E-state index contributed by atoms with van der Waals surface area (Å²) in [5, 5.41) is 0. The highest BCUT2D eigenvalue weighted by Gasteiger charge is 2.13. The summed E-state index contributed by atoms with van der Waals surface area (Å²) in [4.78, 5) is 8.93. The highest BCUT2D eigenvalue weighted by atomic mass is 35.5. The van der Waals surface area contributed by atoms with Crippen molar-refractivity contribution in [2.45, 2.75) is 12.8 Å². The molecule has 102 valence electrons. The van der Waals surface area contributed by atoms with Gasteiger partial charge in [0.05, 0.1) is 13.0 Å². The maximum Gasteiger partial charge on any atom is 0.164 e. The Kier molecular flexibility index (Phi) is 3.32. The third kappa shape index (κ3) is 2.02. The minimum absolute atomic E-state index is 0.335. The topological polar surface area (TPSA) is 39.9 Å². The van der Waals surface area contributed by atoms with Gasteiger partial charge in [-0.1, -0.05) is 0 Å². The third-order valence-electron chi connectivity index (χ3n) is 3.24. The molecule has 2 aromatic heterocycles. The fourth-order valence-corrected chi connectivity index (χ4v) is 2.50. The van der Waals surface area contributed by atoms with Crippen LogP contribution in [0, 0.1) is 6.92 Å². The molecule has 0 saturated heterocycles. The van der Waals surface area contributed by atoms with Gasteiger partial charge in [0.15, 0.2) is 5.65 Å². The van der Waals surface area contributed by atoms with Gasteiger partial charge in [-0.2, -0.15) is 0 Å². The quantitative estimate of drug-likeness (QED) is 0.693. The van der Waals surface area contributed by atoms with Crippen molar-refractivity contribution in [3.63, 3.8) is 0 Å². The molecule has 0 aliphatic rings. The van der Waals surface area contributed by atoms with Crippen molar-refractivity contribution in [1.29, 1.82) is 0 Å². The number of aryl methyl sites for hydroxylation is 1. The second-order valence-corrected chi connectivity index (χ2v) is 4.76. The van der Waals surface area contributed by atoms with Crippen LogP contribution in [0.1, 0.15) is 11.4 Å². The molecule has 0 amide bonds. The van der Waals surface area contributed by atoms with Crippen molar-refractivity contribution >= 4 is 22.8 Å². The van der Waals surface area contributed by atoms with Gasteiger partial charge in [0.1, 0.15) is 17.1 Å². The van der Waals surface area contributed by atoms with Crippen LogP contribution < -0.4 is 4.74 Å². The molecule has 0 fully saturated rings. The molecule has 0 atom stereocenters. The number of ether oxygens (including phenoxy) is 1. The predicted molar refractivity (Wildman–Crippen MR) is 79.7 cm³/mol. The summed E-state index contributed by atoms with van der Waals surface area (Å²) < 4.78 is 7.28. The Balaban J connectivity index is 2.25. The molecule has 0 unspecified atom stereocenters. The van der Waals surface area contributed by atoms with E-state index in [9.17, 15) is 0 Å². The van der Waals surface area contributed by atoms with E-state index in [0.717, 1.165) is 34.0 Å². The molecule has 0 radical (unpaired) electrons. The first-order chi connectivity index (χ1) is 9.74. The van der Waals surface area contributed by atoms with Crippen molar-refractivity contribution < 1.29 is 4.74 Å². The third-order valence-corrected chi connectivity index (χ3v) is 3.48. The fourth-order valence-electron chi connectivity index (χ4n) is 2.32. The number of alkyl halides is 1. The number of nitrogens with zero attached hydrogens (tertiary/aromatic N) is 3. The predicted octanol–water partition coefficient (Wildman–Crippen LogP) is 3.48. The summed E-state index contributed by atoms with van der Waals surface area (Å²) in [6, 6.07) is 9.78. The van der Waals surface area contributed by atoms with Crippen LogP contribution in [0.5, 0.6) is 5.75 Å². The zero-order valence-corrected chi connectivity index (χ0v) is 12.1. The van der Waals surface area contributed by atoms with E-state index in [2.05, 4.69) is 9.97 Å². The van der Waals surface area contributed by atoms with E-state index in [1.165, 1.54) is 0 Å². The summed E-state index contributed by atoms with van der Waals surface area (Å²) in [6.07, 6.45) is 1.76. The van der Waals surface area contributed by atoms with Gasteiger partial charge in [-0.15, -0.1) is 11.6 Å². The molecule has 20 heavy (non-hydrogen) atoms. The van der Waals surface area contributed by atoms with Crippen LogP contribution in [0.25, 0.3) is 16.9 Å². The molecule has 0 bridgehead atoms. The van der Waals surface area contributed by atoms with Crippen molar-refractivity contribution in [2.24, 2.45) is 0 Å². The molecule has 5 heteroatoms. The Morgan fingerprint density at radius 3 is 2.85 bits per heavy atom. The average molecular weight is 288 g/mol. The lowest BCUT2D eigenvalue weighted by molar-refractivity contribution is 0.411. The lowest BCUT2D eigenvalue weighted by atomic mass is 10.2. The van der Waals surface area contributed by atoms with Crippen molar-refractivity contribution in [3.8, 4) is 11.4 Å². The molecule has 0 aliphatic heterocycles. The van der Waals surface area contributed by atoms with Crippen LogP contribution in [-0.4, -0.2) is 21.6 Å². The lowest BCUT2D eigenvalue weighted by Crippen LogP contribution is -2.01. The first-order valence-electron chi connectivity index (χ1n) is 6.28. The summed E-state index contributed by atoms with van der Waals surface area (Å²) in [7, 11) is 1.67. The van der Waals surface area contributed by atoms with Crippen LogP contribution in [0.2, 0.25) is 0 Å². The average Bonchev–Trinajstić information content (AvgIpc) is 2.85. The maximum absolute atomic E-state index is 6.02. The van der Waals surface area contributed by atoms with Crippen LogP contribution in [0.15, 0.2) is 36.5 Å². The Morgan fingerprint density at radius 1 is 1.30 bits per heavy atom. The van der Waals surface area contributed by atoms with Gasteiger partial charge >= 0.3 is 0 Å². The minimum Gasteiger partial charge on any atom is -0.496 e. The number of imidazole rings is 1. The number of hydrogen-bond donors (Lipinski definition) is 0. The van der Waals surface area contributed by atoms with Gasteiger partial charge in [-0.25, -0.2) is 9.97 Å². The van der Waals surface area contributed by atoms with Crippen LogP contribution in [0.4, 0.5) is 0 Å². The number of benzene rings is 1. The number of methoxy groups -OCH3 is 1. The summed E-state index contributed by atoms with van der Waals surface area (Å²) in [5.74, 6) is 1.98. The molecule has 0 aliphatic carbocycles. The molecule has 0 spiro atoms. The monoisotopic (exact) mass is 287 g/mol. The molecular weight excluding hydrogens is 274 g/mol. The zero-order valence-electron chi connectivity index (χ0n) is 11.3. The van der Waals surface area contributed by atoms with Gasteiger partial charge in [0.25, 0.3) is 0 Å². The standard InChI is InChI=1S/C15H14ClN3O/c1-10-8-11(5-6-13(10)20-2)19-14(9-16)18-12-4-3-7-17-15(12)19/h3-8H,9H2,1-2H3. The van der Waals surface area contributed by atoms with E-state index in [-0.39, 0.29) is 0 Å². The van der Waals surface area contributed by atoms with E-state index in [0.29, 0.717) is 5.88 Å². The summed E-state index contributed by atoms with van der Waals surface area (Å²) in [5.41, 5.74) is 3.70. The van der Waals surface area contributed by atoms with E-state index in [1.807, 2.05) is 41.8 Å². The van der Waals surface area contributed by atoms with Gasteiger partial charge in [0.2, 0.25) is 0 Å². The molecule has 3 aromatic rings. The Hall–Kier alpha value is -2.07. The highest BCUT2D eigenvalue weighted by Crippen LogP contribution is 2.25. The number of halogens is 1. The molecule has 1 aromatic carbocycles. The molecule has 4 nitrogen and oxygen atoms in total. The minimum atomic E-state index is 0.335. The highest BCUT2D eigenvalue weighted by molar-refractivity contribution is 6.16. The molecule has 0 N–H and O–H groups in total. The van der Waals surface area contributed by atoms with Crippen LogP contribution in [-0.2, 0) is 5.88 Å². The zero-order chi connectivity index (χ0) is 14.1. The Labute approximate surface area is 122 Å². The number of hydrogen-bond acceptors (Lipinski definition) is 3. The lowest BCUT2D eigenvalue weighted by Gasteiger charge is -2.10. The van der Waals surface area contributed by atoms with E-state index in [1.54, 1.807) is 13.3 Å². The van der Waals surface area contributed by atoms with Gasteiger partial charge in [-0.05, 0) is 42.8 Å². The van der Waals surface area contributed by atoms with Gasteiger partial charge < -0.3 is 4.74 Å². The molecule has 2 heterocycles. The van der Waals surface area contributed by atoms with E-state index in [4.69, 9.17) is 16.3 Å². The second kappa shape index (κ2) is 5.13. The van der Waals surface area contributed by atoms with Gasteiger partial charge in [-0.3, -0.25) is 4.57 Å². The first kappa shape index (κ1) is 12.9. The van der Waals surface area contributed by atoms with Crippen molar-refractivity contribution in [3.05, 3.63) is 47.9 Å². The smallest absolute Gasteiger partial charge is 0.164 e. The largest absolute Gasteiger partial charge is 0.496 e. The number of fused-ring (bicyclic) bond motifs is 1. The van der Waals surface area contributed by atoms with Crippen molar-refractivity contribution in [1.82, 2.24) is 14.5 Å². The number of pyridine rings is 1. The SMILES string of the molecule is COc1ccc(-n2c(CCl)nc3cccnc32)cc1C. The molecular formula is C15H14ClN3O. The second-order valence-electron chi connectivity index (χ2n) is 4.50. The first-order valence-corrected chi connectivity index (χ1v) is 6.81. The van der Waals surface area contributed by atoms with Crippen LogP contribution in [0.3, 0.4) is 0 Å². The van der Waals surface area contributed by atoms with Gasteiger partial charge in [0, 0.05) is 11.9 Å². The number of rotatable bonds is 3. The van der Waals surface area contributed by atoms with Crippen LogP contribution >= 0.6 is 11.6 Å². The fraction of sp³-hybridized carbons (Fsp3) is 0.200. The summed E-state index contributed by atoms with van der Waals surface area (Å²) >= 11 is 6.02. The van der Waals surface area contributed by atoms with E-state index < -0.39 is 0 Å². The van der Waals surface area contributed by atoms with Crippen molar-refractivity contribution in [2.75, 3.05) is 7.11 Å². The summed E-state index contributed by atoms with van der Waals surface area (Å²) in [6.45, 7) is 2.01. The Bertz CT molecular complexity index is 767. The normalized spacial score (nSPS) is 10.9. The number of aromatic nitrogens is 3. The molecule has 0 saturated carbocycles. The van der Waals surface area contributed by atoms with E-state index >= 15 is 0 Å².